The number of nitrogens with one attached hydrogen (secondary N) is 2. The van der Waals surface area contributed by atoms with Crippen LogP contribution < -0.4 is 15.4 Å². The number of aliphatic hydroxyl groups is 1. The number of ether oxygens (including phenoxy) is 2. The van der Waals surface area contributed by atoms with Crippen LogP contribution in [0.15, 0.2) is 48.5 Å². The van der Waals surface area contributed by atoms with Gasteiger partial charge < -0.3 is 30.1 Å². The lowest BCUT2D eigenvalue weighted by molar-refractivity contribution is -0.147. The summed E-state index contributed by atoms with van der Waals surface area (Å²) in [7, 11) is 3.42. The highest BCUT2D eigenvalue weighted by Crippen LogP contribution is 2.47. The van der Waals surface area contributed by atoms with Gasteiger partial charge in [-0.2, -0.15) is 0 Å². The van der Waals surface area contributed by atoms with E-state index in [2.05, 4.69) is 10.6 Å². The van der Waals surface area contributed by atoms with Crippen LogP contribution in [0.5, 0.6) is 5.75 Å². The first-order chi connectivity index (χ1) is 14.9. The summed E-state index contributed by atoms with van der Waals surface area (Å²) in [5.74, 6) is 0.665. The number of benzene rings is 2. The van der Waals surface area contributed by atoms with E-state index >= 15 is 0 Å². The Morgan fingerprint density at radius 3 is 2.55 bits per heavy atom. The molecule has 0 bridgehead atoms. The Hall–Kier alpha value is -3.10. The Morgan fingerprint density at radius 2 is 1.84 bits per heavy atom. The molecule has 0 radical (unpaired) electrons. The number of fused-ring (bicyclic) bond motifs is 3. The maximum Gasteiger partial charge on any atom is 0.323 e. The lowest BCUT2D eigenvalue weighted by Gasteiger charge is -2.37. The smallest absolute Gasteiger partial charge is 0.323 e. The molecule has 2 aliphatic rings. The molecule has 2 aromatic rings. The van der Waals surface area contributed by atoms with Crippen molar-refractivity contribution in [3.8, 4) is 5.75 Å². The summed E-state index contributed by atoms with van der Waals surface area (Å²) in [5, 5.41) is 15.5. The molecular weight excluding hydrogens is 398 g/mol. The highest BCUT2D eigenvalue weighted by atomic mass is 16.6. The maximum atomic E-state index is 12.4. The van der Waals surface area contributed by atoms with Gasteiger partial charge in [0.05, 0.1) is 19.1 Å². The monoisotopic (exact) mass is 425 g/mol. The molecule has 2 heterocycles. The van der Waals surface area contributed by atoms with Gasteiger partial charge in [0.2, 0.25) is 5.91 Å². The second kappa shape index (κ2) is 8.95. The van der Waals surface area contributed by atoms with E-state index in [4.69, 9.17) is 9.47 Å². The van der Waals surface area contributed by atoms with Crippen molar-refractivity contribution in [2.24, 2.45) is 0 Å². The highest BCUT2D eigenvalue weighted by Gasteiger charge is 2.46. The Morgan fingerprint density at radius 1 is 1.10 bits per heavy atom. The van der Waals surface area contributed by atoms with Crippen LogP contribution in [0.4, 0.5) is 16.2 Å². The Kier molecular flexibility index (Phi) is 6.11. The summed E-state index contributed by atoms with van der Waals surface area (Å²) in [6, 6.07) is 14.4. The number of carbonyl (C=O) groups excluding carboxylic acids is 2. The number of rotatable bonds is 5. The first-order valence-electron chi connectivity index (χ1n) is 10.3. The van der Waals surface area contributed by atoms with Gasteiger partial charge in [0.1, 0.15) is 18.0 Å². The molecule has 3 N–H and O–H groups in total. The Bertz CT molecular complexity index is 949. The van der Waals surface area contributed by atoms with E-state index in [1.807, 2.05) is 42.5 Å². The molecule has 164 valence electrons. The van der Waals surface area contributed by atoms with Gasteiger partial charge in [0.25, 0.3) is 0 Å². The van der Waals surface area contributed by atoms with Crippen molar-refractivity contribution in [3.05, 3.63) is 54.1 Å². The number of hydrogen-bond donors (Lipinski definition) is 3. The quantitative estimate of drug-likeness (QED) is 0.684. The number of aliphatic hydroxyl groups excluding tert-OH is 1. The van der Waals surface area contributed by atoms with Gasteiger partial charge in [-0.25, -0.2) is 4.79 Å². The first-order valence-corrected chi connectivity index (χ1v) is 10.3. The van der Waals surface area contributed by atoms with Crippen molar-refractivity contribution >= 4 is 23.3 Å². The molecule has 8 nitrogen and oxygen atoms in total. The lowest BCUT2D eigenvalue weighted by Crippen LogP contribution is -2.47. The number of anilines is 2. The van der Waals surface area contributed by atoms with Gasteiger partial charge in [-0.05, 0) is 36.8 Å². The lowest BCUT2D eigenvalue weighted by atomic mass is 9.84. The number of urea groups is 1. The third kappa shape index (κ3) is 4.65. The molecule has 0 aromatic heterocycles. The minimum Gasteiger partial charge on any atom is -0.487 e. The first kappa shape index (κ1) is 21.1. The summed E-state index contributed by atoms with van der Waals surface area (Å²) in [6.07, 6.45) is -0.281. The maximum absolute atomic E-state index is 12.4. The standard InChI is InChI=1S/C23H27N3O5/c1-26(2)21(28)12-16-11-18-17-10-15(25-23(29)24-14-6-4-3-5-7-14)8-9-19(17)31-22(18)20(13-27)30-16/h3-10,16,18,20,22,27H,11-13H2,1-2H3,(H2,24,25,29)/t16-,18+,20-,22-/m0/s1. The van der Waals surface area contributed by atoms with E-state index in [0.29, 0.717) is 23.5 Å². The van der Waals surface area contributed by atoms with Gasteiger partial charge in [0, 0.05) is 37.0 Å². The fourth-order valence-electron chi connectivity index (χ4n) is 4.16. The molecule has 0 spiro atoms. The fourth-order valence-corrected chi connectivity index (χ4v) is 4.16. The van der Waals surface area contributed by atoms with Crippen molar-refractivity contribution in [1.82, 2.24) is 4.90 Å². The molecule has 31 heavy (non-hydrogen) atoms. The second-order valence-electron chi connectivity index (χ2n) is 8.09. The summed E-state index contributed by atoms with van der Waals surface area (Å²) in [4.78, 5) is 26.1. The molecule has 1 saturated heterocycles. The van der Waals surface area contributed by atoms with E-state index < -0.39 is 6.10 Å². The van der Waals surface area contributed by atoms with Crippen molar-refractivity contribution in [3.63, 3.8) is 0 Å². The zero-order chi connectivity index (χ0) is 22.0. The van der Waals surface area contributed by atoms with Crippen LogP contribution in [0, 0.1) is 0 Å². The third-order valence-corrected chi connectivity index (χ3v) is 5.69. The van der Waals surface area contributed by atoms with Crippen LogP contribution >= 0.6 is 0 Å². The average Bonchev–Trinajstić information content (AvgIpc) is 3.11. The number of hydrogen-bond acceptors (Lipinski definition) is 5. The van der Waals surface area contributed by atoms with E-state index in [-0.39, 0.29) is 43.1 Å². The van der Waals surface area contributed by atoms with Crippen LogP contribution in [0.1, 0.15) is 24.3 Å². The van der Waals surface area contributed by atoms with Crippen LogP contribution in [0.2, 0.25) is 0 Å². The molecule has 3 amide bonds. The zero-order valence-electron chi connectivity index (χ0n) is 17.6. The van der Waals surface area contributed by atoms with Crippen molar-refractivity contribution < 1.29 is 24.2 Å². The molecule has 0 unspecified atom stereocenters. The predicted molar refractivity (Wildman–Crippen MR) is 116 cm³/mol. The van der Waals surface area contributed by atoms with Gasteiger partial charge in [-0.1, -0.05) is 18.2 Å². The molecule has 0 saturated carbocycles. The van der Waals surface area contributed by atoms with Crippen LogP contribution in [-0.2, 0) is 9.53 Å². The summed E-state index contributed by atoms with van der Waals surface area (Å²) in [5.41, 5.74) is 2.30. The molecule has 1 fully saturated rings. The van der Waals surface area contributed by atoms with E-state index in [0.717, 1.165) is 5.56 Å². The molecule has 2 aliphatic heterocycles. The SMILES string of the molecule is CN(C)C(=O)C[C@@H]1C[C@@H]2c3cc(NC(=O)Nc4ccccc4)ccc3O[C@@H]2[C@H](CO)O1. The summed E-state index contributed by atoms with van der Waals surface area (Å²) < 4.78 is 12.0. The van der Waals surface area contributed by atoms with Gasteiger partial charge in [-0.15, -0.1) is 0 Å². The predicted octanol–water partition coefficient (Wildman–Crippen LogP) is 2.80. The largest absolute Gasteiger partial charge is 0.487 e. The second-order valence-corrected chi connectivity index (χ2v) is 8.09. The number of amides is 3. The Balaban J connectivity index is 1.49. The minimum absolute atomic E-state index is 0.0210. The van der Waals surface area contributed by atoms with E-state index in [9.17, 15) is 14.7 Å². The van der Waals surface area contributed by atoms with Crippen LogP contribution in [0.25, 0.3) is 0 Å². The van der Waals surface area contributed by atoms with Gasteiger partial charge in [-0.3, -0.25) is 4.79 Å². The third-order valence-electron chi connectivity index (χ3n) is 5.69. The normalized spacial score (nSPS) is 23.8. The van der Waals surface area contributed by atoms with E-state index in [1.165, 1.54) is 4.90 Å². The van der Waals surface area contributed by atoms with Gasteiger partial charge >= 0.3 is 6.03 Å². The zero-order valence-corrected chi connectivity index (χ0v) is 17.6. The average molecular weight is 425 g/mol. The Labute approximate surface area is 181 Å². The minimum atomic E-state index is -0.510. The molecule has 4 atom stereocenters. The highest BCUT2D eigenvalue weighted by molar-refractivity contribution is 5.99. The van der Waals surface area contributed by atoms with Crippen LogP contribution in [-0.4, -0.2) is 61.0 Å². The molecule has 4 rings (SSSR count). The number of carbonyl (C=O) groups is 2. The van der Waals surface area contributed by atoms with Crippen molar-refractivity contribution in [2.45, 2.75) is 37.1 Å². The van der Waals surface area contributed by atoms with Crippen molar-refractivity contribution in [1.29, 1.82) is 0 Å². The summed E-state index contributed by atoms with van der Waals surface area (Å²) >= 11 is 0. The molecule has 2 aromatic carbocycles. The number of para-hydroxylation sites is 1. The molecule has 0 aliphatic carbocycles. The summed E-state index contributed by atoms with van der Waals surface area (Å²) in [6.45, 7) is -0.188. The molecule has 8 heteroatoms. The fraction of sp³-hybridized carbons (Fsp3) is 0.391. The topological polar surface area (TPSA) is 100 Å². The van der Waals surface area contributed by atoms with Crippen LogP contribution in [0.3, 0.4) is 0 Å². The van der Waals surface area contributed by atoms with Gasteiger partial charge in [0.15, 0.2) is 0 Å². The van der Waals surface area contributed by atoms with Crippen molar-refractivity contribution in [2.75, 3.05) is 31.3 Å². The van der Waals surface area contributed by atoms with E-state index in [1.54, 1.807) is 20.2 Å². The number of nitrogens with zero attached hydrogens (tertiary/aromatic N) is 1. The molecular formula is C23H27N3O5.